The molecule has 33 heavy (non-hydrogen) atoms. The predicted octanol–water partition coefficient (Wildman–Crippen LogP) is 0.480. The van der Waals surface area contributed by atoms with Crippen molar-refractivity contribution >= 4 is 12.1 Å². The van der Waals surface area contributed by atoms with E-state index >= 15 is 0 Å². The second-order valence-corrected chi connectivity index (χ2v) is 7.44. The first-order valence-corrected chi connectivity index (χ1v) is 10.4. The number of benzene rings is 2. The maximum atomic E-state index is 12.6. The zero-order chi connectivity index (χ0) is 23.6. The van der Waals surface area contributed by atoms with Gasteiger partial charge in [0.25, 0.3) is 0 Å². The molecule has 4 N–H and O–H groups in total. The average molecular weight is 461 g/mol. The summed E-state index contributed by atoms with van der Waals surface area (Å²) in [7, 11) is 0. The lowest BCUT2D eigenvalue weighted by molar-refractivity contribution is -0.271. The van der Waals surface area contributed by atoms with Crippen molar-refractivity contribution in [3.63, 3.8) is 0 Å². The molecule has 0 radical (unpaired) electrons. The molecule has 1 heterocycles. The average Bonchev–Trinajstić information content (AvgIpc) is 2.84. The molecule has 0 bridgehead atoms. The van der Waals surface area contributed by atoms with E-state index in [1.54, 1.807) is 48.5 Å². The zero-order valence-corrected chi connectivity index (χ0v) is 17.8. The van der Waals surface area contributed by atoms with Gasteiger partial charge in [0.2, 0.25) is 0 Å². The topological polar surface area (TPSA) is 144 Å². The molecule has 0 spiro atoms. The summed E-state index contributed by atoms with van der Waals surface area (Å²) in [6.45, 7) is -0.727. The lowest BCUT2D eigenvalue weighted by Crippen LogP contribution is -2.55. The van der Waals surface area contributed by atoms with Gasteiger partial charge < -0.3 is 39.6 Å². The summed E-state index contributed by atoms with van der Waals surface area (Å²) in [6, 6.07) is 16.7. The van der Waals surface area contributed by atoms with Gasteiger partial charge in [0.15, 0.2) is 12.3 Å². The number of nitrogens with one attached hydrogen (secondary N) is 1. The third kappa shape index (κ3) is 7.52. The standard InChI is InChI=1S/C23H27NO9/c25-18-14-32-22(20(27)19(18)26)31-13-17(21(28)30-11-15-7-3-1-4-8-15)24-23(29)33-12-16-9-5-2-6-10-16/h1-10,17-20,22,25-27H,11-14H2,(H,24,29)/t17-,18+,19-,20+,22+/m0/s1. The molecule has 2 aromatic rings. The van der Waals surface area contributed by atoms with E-state index in [9.17, 15) is 24.9 Å². The second-order valence-electron chi connectivity index (χ2n) is 7.44. The summed E-state index contributed by atoms with van der Waals surface area (Å²) in [4.78, 5) is 24.9. The van der Waals surface area contributed by atoms with Gasteiger partial charge in [-0.1, -0.05) is 60.7 Å². The van der Waals surface area contributed by atoms with Crippen molar-refractivity contribution in [2.45, 2.75) is 43.9 Å². The van der Waals surface area contributed by atoms with E-state index in [0.29, 0.717) is 0 Å². The molecule has 10 heteroatoms. The molecule has 178 valence electrons. The van der Waals surface area contributed by atoms with Gasteiger partial charge in [0.1, 0.15) is 31.5 Å². The van der Waals surface area contributed by atoms with Crippen LogP contribution in [0.15, 0.2) is 60.7 Å². The molecule has 1 aliphatic heterocycles. The monoisotopic (exact) mass is 461 g/mol. The summed E-state index contributed by atoms with van der Waals surface area (Å²) in [6.07, 6.45) is -6.46. The highest BCUT2D eigenvalue weighted by Gasteiger charge is 2.39. The maximum absolute atomic E-state index is 12.6. The smallest absolute Gasteiger partial charge is 0.408 e. The summed E-state index contributed by atoms with van der Waals surface area (Å²) in [5, 5.41) is 31.7. The highest BCUT2D eigenvalue weighted by molar-refractivity contribution is 5.81. The number of amides is 1. The summed E-state index contributed by atoms with van der Waals surface area (Å²) < 4.78 is 21.0. The number of ether oxygens (including phenoxy) is 4. The number of rotatable bonds is 9. The van der Waals surface area contributed by atoms with Crippen LogP contribution in [-0.2, 0) is 37.0 Å². The van der Waals surface area contributed by atoms with E-state index in [0.717, 1.165) is 11.1 Å². The number of hydrogen-bond donors (Lipinski definition) is 4. The first kappa shape index (κ1) is 24.6. The normalized spacial score (nSPS) is 23.4. The van der Waals surface area contributed by atoms with Crippen LogP contribution in [0.2, 0.25) is 0 Å². The van der Waals surface area contributed by atoms with Crippen LogP contribution in [-0.4, -0.2) is 71.2 Å². The zero-order valence-electron chi connectivity index (χ0n) is 17.8. The number of alkyl carbamates (subject to hydrolysis) is 1. The highest BCUT2D eigenvalue weighted by Crippen LogP contribution is 2.17. The maximum Gasteiger partial charge on any atom is 0.408 e. The fourth-order valence-corrected chi connectivity index (χ4v) is 3.02. The molecule has 0 unspecified atom stereocenters. The van der Waals surface area contributed by atoms with Crippen LogP contribution in [0.5, 0.6) is 0 Å². The van der Waals surface area contributed by atoms with E-state index in [-0.39, 0.29) is 19.8 Å². The molecule has 2 aromatic carbocycles. The Morgan fingerprint density at radius 2 is 1.48 bits per heavy atom. The number of aliphatic hydroxyl groups is 3. The van der Waals surface area contributed by atoms with E-state index in [2.05, 4.69) is 5.32 Å². The van der Waals surface area contributed by atoms with E-state index in [1.165, 1.54) is 0 Å². The van der Waals surface area contributed by atoms with Crippen LogP contribution in [0.1, 0.15) is 11.1 Å². The van der Waals surface area contributed by atoms with E-state index < -0.39 is 49.3 Å². The second kappa shape index (κ2) is 12.3. The molecule has 0 saturated carbocycles. The Morgan fingerprint density at radius 1 is 0.909 bits per heavy atom. The third-order valence-electron chi connectivity index (χ3n) is 4.89. The van der Waals surface area contributed by atoms with Crippen molar-refractivity contribution in [1.82, 2.24) is 5.32 Å². The quantitative estimate of drug-likeness (QED) is 0.392. The fraction of sp³-hybridized carbons (Fsp3) is 0.391. The van der Waals surface area contributed by atoms with Gasteiger partial charge in [-0.2, -0.15) is 0 Å². The molecule has 1 fully saturated rings. The molecule has 0 aliphatic carbocycles. The lowest BCUT2D eigenvalue weighted by atomic mass is 10.1. The largest absolute Gasteiger partial charge is 0.459 e. The van der Waals surface area contributed by atoms with Gasteiger partial charge in [-0.05, 0) is 11.1 Å². The molecule has 1 amide bonds. The minimum absolute atomic E-state index is 0.00611. The van der Waals surface area contributed by atoms with Crippen LogP contribution < -0.4 is 5.32 Å². The van der Waals surface area contributed by atoms with Gasteiger partial charge in [0.05, 0.1) is 13.2 Å². The van der Waals surface area contributed by atoms with Crippen LogP contribution in [0.4, 0.5) is 4.79 Å². The van der Waals surface area contributed by atoms with Crippen molar-refractivity contribution in [3.8, 4) is 0 Å². The summed E-state index contributed by atoms with van der Waals surface area (Å²) in [5.41, 5.74) is 1.51. The third-order valence-corrected chi connectivity index (χ3v) is 4.89. The minimum atomic E-state index is -1.54. The van der Waals surface area contributed by atoms with Crippen molar-refractivity contribution in [2.75, 3.05) is 13.2 Å². The molecular formula is C23H27NO9. The number of esters is 1. The fourth-order valence-electron chi connectivity index (χ4n) is 3.02. The first-order chi connectivity index (χ1) is 15.9. The number of carbonyl (C=O) groups is 2. The molecule has 3 rings (SSSR count). The molecular weight excluding hydrogens is 434 g/mol. The first-order valence-electron chi connectivity index (χ1n) is 10.4. The number of aliphatic hydroxyl groups excluding tert-OH is 3. The Kier molecular flexibility index (Phi) is 9.16. The van der Waals surface area contributed by atoms with Gasteiger partial charge >= 0.3 is 12.1 Å². The Labute approximate surface area is 190 Å². The van der Waals surface area contributed by atoms with Crippen LogP contribution in [0, 0.1) is 0 Å². The van der Waals surface area contributed by atoms with Crippen molar-refractivity contribution in [3.05, 3.63) is 71.8 Å². The van der Waals surface area contributed by atoms with Gasteiger partial charge in [0, 0.05) is 0 Å². The number of hydrogen-bond acceptors (Lipinski definition) is 9. The van der Waals surface area contributed by atoms with Crippen molar-refractivity contribution in [2.24, 2.45) is 0 Å². The van der Waals surface area contributed by atoms with Gasteiger partial charge in [-0.15, -0.1) is 0 Å². The number of carbonyl (C=O) groups excluding carboxylic acids is 2. The molecule has 1 aliphatic rings. The van der Waals surface area contributed by atoms with Crippen molar-refractivity contribution < 1.29 is 43.9 Å². The summed E-state index contributed by atoms with van der Waals surface area (Å²) >= 11 is 0. The minimum Gasteiger partial charge on any atom is -0.459 e. The molecule has 0 aromatic heterocycles. The van der Waals surface area contributed by atoms with Crippen LogP contribution in [0.3, 0.4) is 0 Å². The predicted molar refractivity (Wildman–Crippen MR) is 114 cm³/mol. The Morgan fingerprint density at radius 3 is 2.09 bits per heavy atom. The lowest BCUT2D eigenvalue weighted by Gasteiger charge is -2.35. The van der Waals surface area contributed by atoms with Crippen LogP contribution >= 0.6 is 0 Å². The van der Waals surface area contributed by atoms with E-state index in [4.69, 9.17) is 18.9 Å². The van der Waals surface area contributed by atoms with E-state index in [1.807, 2.05) is 12.1 Å². The van der Waals surface area contributed by atoms with Crippen LogP contribution in [0.25, 0.3) is 0 Å². The Balaban J connectivity index is 1.58. The highest BCUT2D eigenvalue weighted by atomic mass is 16.7. The molecule has 5 atom stereocenters. The van der Waals surface area contributed by atoms with Crippen molar-refractivity contribution in [1.29, 1.82) is 0 Å². The molecule has 1 saturated heterocycles. The Hall–Kier alpha value is -3.02. The van der Waals surface area contributed by atoms with Gasteiger partial charge in [-0.3, -0.25) is 0 Å². The van der Waals surface area contributed by atoms with Gasteiger partial charge in [-0.25, -0.2) is 9.59 Å². The summed E-state index contributed by atoms with van der Waals surface area (Å²) in [5.74, 6) is -0.790. The Bertz CT molecular complexity index is 880. The molecule has 10 nitrogen and oxygen atoms in total. The SMILES string of the molecule is O=C(N[C@@H](CO[C@@H]1OC[C@@H](O)[C@H](O)[C@H]1O)C(=O)OCc1ccccc1)OCc1ccccc1.